The first kappa shape index (κ1) is 61.5. The summed E-state index contributed by atoms with van der Waals surface area (Å²) in [6, 6.07) is 3.44. The second-order valence-corrected chi connectivity index (χ2v) is 23.2. The zero-order valence-electron chi connectivity index (χ0n) is 37.3. The molecule has 0 bridgehead atoms. The SMILES string of the molecule is CCN(CC)CC.CS(=O)(=O)Cl.CS(=O)(=O)OC1=C(c2cc(C(F)(F)F)ccc2Cl)S(=O)(=O)N(CC(F)F)c2nccnc21.O=S1(=O)C(c2cc(C(F)(F)F)ccc2Cl)=C(O)c2nccnc2N1CC(F)F. The van der Waals surface area contributed by atoms with Crippen LogP contribution in [0, 0.1) is 0 Å². The van der Waals surface area contributed by atoms with Gasteiger partial charge in [0.25, 0.3) is 32.9 Å². The van der Waals surface area contributed by atoms with Crippen molar-refractivity contribution in [2.75, 3.05) is 53.8 Å². The Morgan fingerprint density at radius 1 is 0.653 bits per heavy atom. The molecule has 0 atom stereocenters. The molecular weight excluding hydrogens is 1140 g/mol. The largest absolute Gasteiger partial charge is 0.504 e. The van der Waals surface area contributed by atoms with E-state index in [2.05, 4.69) is 56.3 Å². The number of halogens is 13. The van der Waals surface area contributed by atoms with Gasteiger partial charge in [-0.2, -0.15) is 34.8 Å². The van der Waals surface area contributed by atoms with Crippen molar-refractivity contribution in [3.63, 3.8) is 0 Å². The molecule has 0 amide bonds. The third-order valence-corrected chi connectivity index (χ3v) is 13.8. The zero-order valence-corrected chi connectivity index (χ0v) is 42.8. The Labute approximate surface area is 420 Å². The molecular formula is C38H38Cl3F10N7O10S4. The first-order valence-corrected chi connectivity index (χ1v) is 27.8. The van der Waals surface area contributed by atoms with Crippen LogP contribution >= 0.6 is 33.9 Å². The van der Waals surface area contributed by atoms with E-state index in [0.717, 1.165) is 43.2 Å². The molecule has 72 heavy (non-hydrogen) atoms. The Bertz CT molecular complexity index is 3120. The van der Waals surface area contributed by atoms with E-state index < -0.39 is 154 Å². The van der Waals surface area contributed by atoms with Crippen molar-refractivity contribution in [1.29, 1.82) is 0 Å². The highest BCUT2D eigenvalue weighted by Gasteiger charge is 2.46. The van der Waals surface area contributed by atoms with E-state index >= 15 is 0 Å². The molecule has 0 saturated heterocycles. The molecule has 0 radical (unpaired) electrons. The van der Waals surface area contributed by atoms with Crippen molar-refractivity contribution in [2.24, 2.45) is 0 Å². The number of hydrogen-bond acceptors (Lipinski definition) is 15. The quantitative estimate of drug-likeness (QED) is 0.0840. The molecule has 0 saturated carbocycles. The van der Waals surface area contributed by atoms with Gasteiger partial charge in [-0.25, -0.2) is 71.4 Å². The number of anilines is 2. The number of aliphatic hydroxyl groups excluding tert-OH is 1. The van der Waals surface area contributed by atoms with Crippen LogP contribution in [-0.2, 0) is 55.8 Å². The fourth-order valence-corrected chi connectivity index (χ4v) is 10.5. The molecule has 6 rings (SSSR count). The standard InChI is InChI=1S/C16H11ClF5N3O5S2.C15H9ClF5N3O3S.C6H15N.CH3ClO2S/c1-31(26,27)30-13-12-15(24-5-4-23-12)25(7-11(18)19)32(28,29)14(13)9-6-8(16(20,21)22)2-3-10(9)17;16-9-2-1-7(15(19,20)21)5-8(9)13-12(25)11-14(23-4-3-22-11)24(6-10(17)18)28(13,26)27;1-4-7(5-2)6-3;1-5(2,3)4/h2-6,11H,7H2,1H3;1-5,10,25H,6H2;4-6H2,1-3H3;1H3. The molecule has 2 aliphatic heterocycles. The fourth-order valence-electron chi connectivity index (χ4n) is 6.05. The molecule has 0 unspecified atom stereocenters. The summed E-state index contributed by atoms with van der Waals surface area (Å²) in [4.78, 5) is 14.9. The van der Waals surface area contributed by atoms with Gasteiger partial charge in [-0.3, -0.25) is 0 Å². The zero-order chi connectivity index (χ0) is 55.1. The Kier molecular flexibility index (Phi) is 20.5. The van der Waals surface area contributed by atoms with Crippen LogP contribution in [0.15, 0.2) is 61.2 Å². The van der Waals surface area contributed by atoms with Crippen LogP contribution in [-0.4, -0.2) is 122 Å². The minimum atomic E-state index is -5.14. The summed E-state index contributed by atoms with van der Waals surface area (Å²) in [5.41, 5.74) is -5.19. The topological polar surface area (TPSA) is 227 Å². The van der Waals surface area contributed by atoms with E-state index in [0.29, 0.717) is 30.5 Å². The van der Waals surface area contributed by atoms with Crippen molar-refractivity contribution >= 4 is 106 Å². The minimum absolute atomic E-state index is 0.0983. The highest BCUT2D eigenvalue weighted by molar-refractivity contribution is 8.13. The summed E-state index contributed by atoms with van der Waals surface area (Å²) in [6.45, 7) is 7.33. The van der Waals surface area contributed by atoms with E-state index in [-0.39, 0.29) is 8.61 Å². The third kappa shape index (κ3) is 15.9. The molecule has 0 fully saturated rings. The molecule has 0 spiro atoms. The van der Waals surface area contributed by atoms with Gasteiger partial charge in [0, 0.05) is 56.6 Å². The van der Waals surface area contributed by atoms with Gasteiger partial charge in [0.15, 0.2) is 28.8 Å². The number of fused-ring (bicyclic) bond motifs is 2. The molecule has 2 aromatic carbocycles. The summed E-state index contributed by atoms with van der Waals surface area (Å²) in [5.74, 6) is -3.34. The Balaban J connectivity index is 0.000000312. The van der Waals surface area contributed by atoms with Crippen LogP contribution in [0.25, 0.3) is 21.3 Å². The van der Waals surface area contributed by atoms with Crippen LogP contribution in [0.2, 0.25) is 10.0 Å². The molecule has 1 N–H and O–H groups in total. The van der Waals surface area contributed by atoms with Crippen molar-refractivity contribution in [3.8, 4) is 0 Å². The molecule has 34 heteroatoms. The van der Waals surface area contributed by atoms with E-state index in [4.69, 9.17) is 27.4 Å². The number of benzene rings is 2. The average molecular weight is 1180 g/mol. The Morgan fingerprint density at radius 3 is 1.35 bits per heavy atom. The maximum Gasteiger partial charge on any atom is 0.416 e. The lowest BCUT2D eigenvalue weighted by Gasteiger charge is -2.31. The van der Waals surface area contributed by atoms with Gasteiger partial charge in [0.2, 0.25) is 9.05 Å². The molecule has 2 aliphatic rings. The molecule has 17 nitrogen and oxygen atoms in total. The smallest absolute Gasteiger partial charge is 0.416 e. The highest BCUT2D eigenvalue weighted by atomic mass is 35.7. The normalized spacial score (nSPS) is 15.5. The predicted octanol–water partition coefficient (Wildman–Crippen LogP) is 8.85. The number of sulfonamides is 2. The molecule has 4 aromatic rings. The van der Waals surface area contributed by atoms with Crippen molar-refractivity contribution in [3.05, 3.63) is 105 Å². The fraction of sp³-hybridized carbons (Fsp3) is 0.368. The number of aromatic nitrogens is 4. The van der Waals surface area contributed by atoms with Gasteiger partial charge in [-0.05, 0) is 56.0 Å². The minimum Gasteiger partial charge on any atom is -0.504 e. The van der Waals surface area contributed by atoms with Gasteiger partial charge in [0.1, 0.15) is 15.5 Å². The predicted molar refractivity (Wildman–Crippen MR) is 248 cm³/mol. The molecule has 4 heterocycles. The average Bonchev–Trinajstić information content (AvgIpc) is 3.24. The van der Waals surface area contributed by atoms with Crippen molar-refractivity contribution < 1.29 is 86.9 Å². The number of alkyl halides is 10. The Morgan fingerprint density at radius 2 is 1.00 bits per heavy atom. The van der Waals surface area contributed by atoms with Gasteiger partial charge in [0.05, 0.1) is 36.7 Å². The van der Waals surface area contributed by atoms with Crippen LogP contribution in [0.3, 0.4) is 0 Å². The van der Waals surface area contributed by atoms with E-state index in [1.807, 2.05) is 0 Å². The van der Waals surface area contributed by atoms with Crippen LogP contribution < -0.4 is 8.61 Å². The molecule has 400 valence electrons. The summed E-state index contributed by atoms with van der Waals surface area (Å²) in [5, 5.41) is 9.44. The number of rotatable bonds is 11. The Hall–Kier alpha value is -4.79. The lowest BCUT2D eigenvalue weighted by atomic mass is 10.1. The van der Waals surface area contributed by atoms with E-state index in [1.54, 1.807) is 0 Å². The second kappa shape index (κ2) is 24.0. The van der Waals surface area contributed by atoms with E-state index in [1.165, 1.54) is 19.6 Å². The first-order chi connectivity index (χ1) is 32.9. The lowest BCUT2D eigenvalue weighted by Crippen LogP contribution is -2.40. The van der Waals surface area contributed by atoms with E-state index in [9.17, 15) is 82.7 Å². The van der Waals surface area contributed by atoms with Gasteiger partial charge in [-0.15, -0.1) is 0 Å². The second-order valence-electron chi connectivity index (χ2n) is 14.1. The summed E-state index contributed by atoms with van der Waals surface area (Å²) >= 11 is 11.8. The third-order valence-electron chi connectivity index (χ3n) is 9.05. The number of hydrogen-bond donors (Lipinski definition) is 1. The highest BCUT2D eigenvalue weighted by Crippen LogP contribution is 2.47. The van der Waals surface area contributed by atoms with Gasteiger partial charge >= 0.3 is 22.5 Å². The van der Waals surface area contributed by atoms with Crippen molar-refractivity contribution in [2.45, 2.75) is 46.0 Å². The summed E-state index contributed by atoms with van der Waals surface area (Å²) < 4.78 is 231. The summed E-state index contributed by atoms with van der Waals surface area (Å²) in [6.07, 6.45) is -10.7. The maximum absolute atomic E-state index is 13.3. The molecule has 2 aromatic heterocycles. The molecule has 0 aliphatic carbocycles. The first-order valence-electron chi connectivity index (χ1n) is 19.6. The van der Waals surface area contributed by atoms with Crippen LogP contribution in [0.1, 0.15) is 54.4 Å². The van der Waals surface area contributed by atoms with Crippen LogP contribution in [0.4, 0.5) is 55.5 Å². The van der Waals surface area contributed by atoms with Gasteiger partial charge in [-0.1, -0.05) is 44.0 Å². The summed E-state index contributed by atoms with van der Waals surface area (Å²) in [7, 11) is -13.2. The maximum atomic E-state index is 13.3. The van der Waals surface area contributed by atoms with Gasteiger partial charge < -0.3 is 14.2 Å². The van der Waals surface area contributed by atoms with Crippen LogP contribution in [0.5, 0.6) is 0 Å². The lowest BCUT2D eigenvalue weighted by molar-refractivity contribution is -0.138. The number of aliphatic hydroxyl groups is 1. The monoisotopic (exact) mass is 1180 g/mol. The number of nitrogens with zero attached hydrogens (tertiary/aromatic N) is 7. The van der Waals surface area contributed by atoms with Crippen molar-refractivity contribution in [1.82, 2.24) is 24.8 Å².